The number of nitrogens with zero attached hydrogens (tertiary/aromatic N) is 2. The smallest absolute Gasteiger partial charge is 0.114 e. The highest BCUT2D eigenvalue weighted by atomic mass is 19.1. The molecular weight excluding hydrogens is 179 g/mol. The molecule has 0 aromatic heterocycles. The highest BCUT2D eigenvalue weighted by molar-refractivity contribution is 4.96. The van der Waals surface area contributed by atoms with Gasteiger partial charge in [-0.15, -0.1) is 0 Å². The summed E-state index contributed by atoms with van der Waals surface area (Å²) in [4.78, 5) is 4.77. The van der Waals surface area contributed by atoms with Crippen molar-refractivity contribution in [3.8, 4) is 0 Å². The quantitative estimate of drug-likeness (QED) is 0.633. The molecule has 0 N–H and O–H groups in total. The van der Waals surface area contributed by atoms with Crippen molar-refractivity contribution >= 4 is 0 Å². The summed E-state index contributed by atoms with van der Waals surface area (Å²) in [7, 11) is 0. The van der Waals surface area contributed by atoms with E-state index in [-0.39, 0.29) is 5.54 Å². The van der Waals surface area contributed by atoms with E-state index in [1.54, 1.807) is 0 Å². The molecule has 0 amide bonds. The molecule has 2 saturated heterocycles. The highest BCUT2D eigenvalue weighted by Gasteiger charge is 2.39. The minimum atomic E-state index is -0.571. The molecule has 0 aliphatic carbocycles. The Morgan fingerprint density at radius 2 is 1.79 bits per heavy atom. The van der Waals surface area contributed by atoms with Crippen molar-refractivity contribution in [2.45, 2.75) is 44.9 Å². The lowest BCUT2D eigenvalue weighted by molar-refractivity contribution is -0.0153. The Bertz CT molecular complexity index is 206. The van der Waals surface area contributed by atoms with Crippen LogP contribution in [0.3, 0.4) is 0 Å². The first-order valence-electron chi connectivity index (χ1n) is 5.60. The molecule has 1 atom stereocenters. The first kappa shape index (κ1) is 10.4. The van der Waals surface area contributed by atoms with Crippen LogP contribution in [0.4, 0.5) is 4.39 Å². The van der Waals surface area contributed by atoms with Gasteiger partial charge in [0.2, 0.25) is 0 Å². The zero-order valence-corrected chi connectivity index (χ0v) is 9.46. The van der Waals surface area contributed by atoms with Gasteiger partial charge in [0.25, 0.3) is 0 Å². The van der Waals surface area contributed by atoms with Crippen molar-refractivity contribution in [3.05, 3.63) is 0 Å². The highest BCUT2D eigenvalue weighted by Crippen LogP contribution is 2.27. The monoisotopic (exact) mass is 200 g/mol. The molecule has 0 bridgehead atoms. The molecule has 14 heavy (non-hydrogen) atoms. The van der Waals surface area contributed by atoms with Gasteiger partial charge < -0.3 is 0 Å². The van der Waals surface area contributed by atoms with Crippen LogP contribution >= 0.6 is 0 Å². The number of likely N-dealkylation sites (tertiary alicyclic amines) is 2. The van der Waals surface area contributed by atoms with Crippen molar-refractivity contribution in [2.75, 3.05) is 26.2 Å². The molecule has 2 aliphatic rings. The maximum Gasteiger partial charge on any atom is 0.114 e. The van der Waals surface area contributed by atoms with Gasteiger partial charge in [-0.1, -0.05) is 0 Å². The van der Waals surface area contributed by atoms with Crippen molar-refractivity contribution in [1.82, 2.24) is 9.80 Å². The van der Waals surface area contributed by atoms with Crippen molar-refractivity contribution in [1.29, 1.82) is 0 Å². The van der Waals surface area contributed by atoms with E-state index < -0.39 is 6.17 Å². The molecule has 1 unspecified atom stereocenters. The summed E-state index contributed by atoms with van der Waals surface area (Å²) in [5.41, 5.74) is 0.283. The summed E-state index contributed by atoms with van der Waals surface area (Å²) < 4.78 is 13.0. The molecule has 0 saturated carbocycles. The standard InChI is InChI=1S/C11H21FN2/c1-11(2,3)14-7-10(8-14)13-5-4-9(12)6-13/h9-10H,4-8H2,1-3H3. The molecule has 2 aliphatic heterocycles. The first-order chi connectivity index (χ1) is 6.47. The predicted molar refractivity (Wildman–Crippen MR) is 56.2 cm³/mol. The van der Waals surface area contributed by atoms with Gasteiger partial charge in [0, 0.05) is 37.8 Å². The van der Waals surface area contributed by atoms with Gasteiger partial charge in [-0.3, -0.25) is 9.80 Å². The van der Waals surface area contributed by atoms with Crippen molar-refractivity contribution < 1.29 is 4.39 Å². The number of rotatable bonds is 1. The lowest BCUT2D eigenvalue weighted by Crippen LogP contribution is -2.64. The number of hydrogen-bond donors (Lipinski definition) is 0. The third-order valence-corrected chi connectivity index (χ3v) is 3.49. The van der Waals surface area contributed by atoms with Crippen molar-refractivity contribution in [3.63, 3.8) is 0 Å². The fourth-order valence-electron chi connectivity index (χ4n) is 2.31. The van der Waals surface area contributed by atoms with Gasteiger partial charge in [0.1, 0.15) is 6.17 Å². The molecule has 0 radical (unpaired) electrons. The molecule has 0 aromatic rings. The van der Waals surface area contributed by atoms with E-state index in [1.165, 1.54) is 0 Å². The van der Waals surface area contributed by atoms with Crippen LogP contribution in [0.1, 0.15) is 27.2 Å². The maximum atomic E-state index is 13.0. The summed E-state index contributed by atoms with van der Waals surface area (Å²) >= 11 is 0. The van der Waals surface area contributed by atoms with Crippen LogP contribution in [0.15, 0.2) is 0 Å². The summed E-state index contributed by atoms with van der Waals surface area (Å²) in [5.74, 6) is 0. The Labute approximate surface area is 86.1 Å². The molecule has 2 nitrogen and oxygen atoms in total. The predicted octanol–water partition coefficient (Wildman–Crippen LogP) is 1.51. The summed E-state index contributed by atoms with van der Waals surface area (Å²) in [5, 5.41) is 0. The molecule has 3 heteroatoms. The number of halogens is 1. The second-order valence-corrected chi connectivity index (χ2v) is 5.61. The van der Waals surface area contributed by atoms with E-state index >= 15 is 0 Å². The van der Waals surface area contributed by atoms with Gasteiger partial charge in [-0.2, -0.15) is 0 Å². The Morgan fingerprint density at radius 1 is 1.14 bits per heavy atom. The number of alkyl halides is 1. The van der Waals surface area contributed by atoms with Gasteiger partial charge in [-0.05, 0) is 27.2 Å². The fourth-order valence-corrected chi connectivity index (χ4v) is 2.31. The Kier molecular flexibility index (Phi) is 2.56. The zero-order valence-electron chi connectivity index (χ0n) is 9.46. The van der Waals surface area contributed by atoms with E-state index in [0.717, 1.165) is 26.1 Å². The summed E-state index contributed by atoms with van der Waals surface area (Å²) in [6.07, 6.45) is 0.171. The minimum absolute atomic E-state index is 0.283. The molecule has 2 rings (SSSR count). The third-order valence-electron chi connectivity index (χ3n) is 3.49. The van der Waals surface area contributed by atoms with E-state index in [1.807, 2.05) is 0 Å². The fraction of sp³-hybridized carbons (Fsp3) is 1.00. The van der Waals surface area contributed by atoms with Gasteiger partial charge in [-0.25, -0.2) is 4.39 Å². The normalized spacial score (nSPS) is 32.1. The van der Waals surface area contributed by atoms with Crippen LogP contribution < -0.4 is 0 Å². The summed E-state index contributed by atoms with van der Waals surface area (Å²) in [6, 6.07) is 0.620. The Balaban J connectivity index is 1.78. The molecule has 2 heterocycles. The zero-order chi connectivity index (χ0) is 10.3. The van der Waals surface area contributed by atoms with Crippen LogP contribution in [0.2, 0.25) is 0 Å². The Morgan fingerprint density at radius 3 is 2.21 bits per heavy atom. The average molecular weight is 200 g/mol. The second kappa shape index (κ2) is 3.46. The summed E-state index contributed by atoms with van der Waals surface area (Å²) in [6.45, 7) is 10.6. The minimum Gasteiger partial charge on any atom is -0.295 e. The van der Waals surface area contributed by atoms with Crippen LogP contribution in [-0.4, -0.2) is 53.7 Å². The second-order valence-electron chi connectivity index (χ2n) is 5.61. The van der Waals surface area contributed by atoms with Crippen LogP contribution in [0.25, 0.3) is 0 Å². The maximum absolute atomic E-state index is 13.0. The molecule has 2 fully saturated rings. The van der Waals surface area contributed by atoms with E-state index in [4.69, 9.17) is 0 Å². The van der Waals surface area contributed by atoms with Crippen LogP contribution in [0.5, 0.6) is 0 Å². The molecule has 82 valence electrons. The van der Waals surface area contributed by atoms with Gasteiger partial charge in [0.15, 0.2) is 0 Å². The van der Waals surface area contributed by atoms with Gasteiger partial charge in [0.05, 0.1) is 0 Å². The Hall–Kier alpha value is -0.150. The van der Waals surface area contributed by atoms with E-state index in [2.05, 4.69) is 30.6 Å². The molecule has 0 spiro atoms. The van der Waals surface area contributed by atoms with Crippen LogP contribution in [-0.2, 0) is 0 Å². The topological polar surface area (TPSA) is 6.48 Å². The third kappa shape index (κ3) is 1.94. The van der Waals surface area contributed by atoms with E-state index in [9.17, 15) is 4.39 Å². The first-order valence-corrected chi connectivity index (χ1v) is 5.60. The number of hydrogen-bond acceptors (Lipinski definition) is 2. The molecular formula is C11H21FN2. The van der Waals surface area contributed by atoms with Gasteiger partial charge >= 0.3 is 0 Å². The van der Waals surface area contributed by atoms with Crippen LogP contribution in [0, 0.1) is 0 Å². The average Bonchev–Trinajstić information content (AvgIpc) is 2.28. The molecule has 0 aromatic carbocycles. The van der Waals surface area contributed by atoms with E-state index in [0.29, 0.717) is 12.6 Å². The SMILES string of the molecule is CC(C)(C)N1CC(N2CCC(F)C2)C1. The van der Waals surface area contributed by atoms with Crippen molar-refractivity contribution in [2.24, 2.45) is 0 Å². The lowest BCUT2D eigenvalue weighted by atomic mass is 9.97. The lowest BCUT2D eigenvalue weighted by Gasteiger charge is -2.50. The largest absolute Gasteiger partial charge is 0.295 e.